The van der Waals surface area contributed by atoms with Gasteiger partial charge in [-0.1, -0.05) is 31.5 Å². The molecule has 0 saturated carbocycles. The van der Waals surface area contributed by atoms with E-state index >= 15 is 0 Å². The molecule has 0 aliphatic carbocycles. The van der Waals surface area contributed by atoms with E-state index in [0.29, 0.717) is 29.1 Å². The standard InChI is InChI=1S/C20H23N3O3S/c1-3-4-12-21-18(24)14-8-7-9-15(13-14)22-20(27)23-19(25)16-10-5-6-11-17(16)26-2/h5-11,13H,3-4,12H2,1-2H3,(H,21,24)(H2,22,23,25,27). The van der Waals surface area contributed by atoms with Crippen LogP contribution < -0.4 is 20.7 Å². The van der Waals surface area contributed by atoms with E-state index < -0.39 is 0 Å². The zero-order valence-electron chi connectivity index (χ0n) is 15.4. The number of thiocarbonyl (C=S) groups is 1. The number of anilines is 1. The highest BCUT2D eigenvalue weighted by Gasteiger charge is 2.13. The summed E-state index contributed by atoms with van der Waals surface area (Å²) in [6, 6.07) is 13.8. The van der Waals surface area contributed by atoms with Crippen LogP contribution in [0.4, 0.5) is 5.69 Å². The lowest BCUT2D eigenvalue weighted by atomic mass is 10.2. The van der Waals surface area contributed by atoms with Crippen LogP contribution in [0.2, 0.25) is 0 Å². The van der Waals surface area contributed by atoms with Crippen molar-refractivity contribution in [3.63, 3.8) is 0 Å². The van der Waals surface area contributed by atoms with Crippen molar-refractivity contribution in [1.82, 2.24) is 10.6 Å². The zero-order valence-corrected chi connectivity index (χ0v) is 16.2. The van der Waals surface area contributed by atoms with E-state index in [4.69, 9.17) is 17.0 Å². The van der Waals surface area contributed by atoms with Crippen LogP contribution in [-0.4, -0.2) is 30.6 Å². The van der Waals surface area contributed by atoms with Gasteiger partial charge < -0.3 is 15.4 Å². The van der Waals surface area contributed by atoms with Gasteiger partial charge >= 0.3 is 0 Å². The van der Waals surface area contributed by atoms with Crippen molar-refractivity contribution in [2.75, 3.05) is 19.0 Å². The van der Waals surface area contributed by atoms with Gasteiger partial charge in [0.1, 0.15) is 5.75 Å². The van der Waals surface area contributed by atoms with Crippen molar-refractivity contribution in [3.8, 4) is 5.75 Å². The fraction of sp³-hybridized carbons (Fsp3) is 0.250. The van der Waals surface area contributed by atoms with Gasteiger partial charge in [-0.25, -0.2) is 0 Å². The fourth-order valence-electron chi connectivity index (χ4n) is 2.38. The van der Waals surface area contributed by atoms with E-state index in [0.717, 1.165) is 12.8 Å². The molecular weight excluding hydrogens is 362 g/mol. The Morgan fingerprint density at radius 2 is 1.85 bits per heavy atom. The fourth-order valence-corrected chi connectivity index (χ4v) is 2.59. The molecule has 0 aromatic heterocycles. The molecule has 0 aliphatic heterocycles. The number of hydrogen-bond acceptors (Lipinski definition) is 4. The number of para-hydroxylation sites is 1. The van der Waals surface area contributed by atoms with Gasteiger partial charge in [0, 0.05) is 17.8 Å². The highest BCUT2D eigenvalue weighted by atomic mass is 32.1. The Morgan fingerprint density at radius 1 is 1.07 bits per heavy atom. The second-order valence-electron chi connectivity index (χ2n) is 5.80. The van der Waals surface area contributed by atoms with E-state index in [1.807, 2.05) is 0 Å². The Labute approximate surface area is 164 Å². The van der Waals surface area contributed by atoms with Crippen molar-refractivity contribution >= 4 is 34.8 Å². The molecule has 0 unspecified atom stereocenters. The van der Waals surface area contributed by atoms with Gasteiger partial charge in [-0.2, -0.15) is 0 Å². The summed E-state index contributed by atoms with van der Waals surface area (Å²) < 4.78 is 5.18. The monoisotopic (exact) mass is 385 g/mol. The first-order valence-corrected chi connectivity index (χ1v) is 9.09. The highest BCUT2D eigenvalue weighted by molar-refractivity contribution is 7.80. The van der Waals surface area contributed by atoms with Crippen LogP contribution in [0.3, 0.4) is 0 Å². The number of methoxy groups -OCH3 is 1. The summed E-state index contributed by atoms with van der Waals surface area (Å²) in [4.78, 5) is 24.5. The van der Waals surface area contributed by atoms with Gasteiger partial charge in [-0.05, 0) is 49.0 Å². The lowest BCUT2D eigenvalue weighted by molar-refractivity contribution is 0.0950. The number of ether oxygens (including phenoxy) is 1. The minimum absolute atomic E-state index is 0.134. The summed E-state index contributed by atoms with van der Waals surface area (Å²) in [6.45, 7) is 2.71. The quantitative estimate of drug-likeness (QED) is 0.503. The highest BCUT2D eigenvalue weighted by Crippen LogP contribution is 2.17. The summed E-state index contributed by atoms with van der Waals surface area (Å²) in [5.74, 6) is -0.0574. The zero-order chi connectivity index (χ0) is 19.6. The summed E-state index contributed by atoms with van der Waals surface area (Å²) in [5, 5.41) is 8.53. The maximum Gasteiger partial charge on any atom is 0.261 e. The van der Waals surface area contributed by atoms with Crippen LogP contribution in [0, 0.1) is 0 Å². The van der Waals surface area contributed by atoms with Gasteiger partial charge in [0.05, 0.1) is 12.7 Å². The third kappa shape index (κ3) is 6.07. The summed E-state index contributed by atoms with van der Waals surface area (Å²) in [7, 11) is 1.50. The number of hydrogen-bond donors (Lipinski definition) is 3. The summed E-state index contributed by atoms with van der Waals surface area (Å²) in [5.41, 5.74) is 1.52. The molecule has 0 bridgehead atoms. The first-order chi connectivity index (χ1) is 13.0. The first-order valence-electron chi connectivity index (χ1n) is 8.68. The predicted octanol–water partition coefficient (Wildman–Crippen LogP) is 3.35. The normalized spacial score (nSPS) is 10.0. The van der Waals surface area contributed by atoms with E-state index in [2.05, 4.69) is 22.9 Å². The second-order valence-corrected chi connectivity index (χ2v) is 6.21. The summed E-state index contributed by atoms with van der Waals surface area (Å²) >= 11 is 5.20. The van der Waals surface area contributed by atoms with E-state index in [9.17, 15) is 9.59 Å². The Bertz CT molecular complexity index is 824. The largest absolute Gasteiger partial charge is 0.496 e. The molecule has 2 amide bonds. The van der Waals surface area contributed by atoms with Crippen LogP contribution >= 0.6 is 12.2 Å². The molecule has 7 heteroatoms. The number of nitrogens with one attached hydrogen (secondary N) is 3. The number of rotatable bonds is 7. The van der Waals surface area contributed by atoms with E-state index in [1.54, 1.807) is 48.5 Å². The van der Waals surface area contributed by atoms with Crippen LogP contribution in [0.25, 0.3) is 0 Å². The van der Waals surface area contributed by atoms with E-state index in [1.165, 1.54) is 7.11 Å². The van der Waals surface area contributed by atoms with Crippen molar-refractivity contribution in [2.24, 2.45) is 0 Å². The minimum Gasteiger partial charge on any atom is -0.496 e. The molecular formula is C20H23N3O3S. The van der Waals surface area contributed by atoms with Crippen molar-refractivity contribution < 1.29 is 14.3 Å². The smallest absolute Gasteiger partial charge is 0.261 e. The van der Waals surface area contributed by atoms with Crippen LogP contribution in [0.15, 0.2) is 48.5 Å². The molecule has 0 heterocycles. The molecule has 3 N–H and O–H groups in total. The molecule has 27 heavy (non-hydrogen) atoms. The number of unbranched alkanes of at least 4 members (excludes halogenated alkanes) is 1. The lowest BCUT2D eigenvalue weighted by Gasteiger charge is -2.12. The molecule has 0 aliphatic rings. The Balaban J connectivity index is 1.98. The predicted molar refractivity (Wildman–Crippen MR) is 110 cm³/mol. The molecule has 6 nitrogen and oxygen atoms in total. The molecule has 2 aromatic carbocycles. The van der Waals surface area contributed by atoms with Gasteiger partial charge in [-0.3, -0.25) is 14.9 Å². The van der Waals surface area contributed by atoms with Gasteiger partial charge in [-0.15, -0.1) is 0 Å². The van der Waals surface area contributed by atoms with Gasteiger partial charge in [0.25, 0.3) is 11.8 Å². The topological polar surface area (TPSA) is 79.5 Å². The Morgan fingerprint density at radius 3 is 2.59 bits per heavy atom. The van der Waals surface area contributed by atoms with Crippen LogP contribution in [0.1, 0.15) is 40.5 Å². The first kappa shape index (κ1) is 20.4. The molecule has 0 spiro atoms. The molecule has 0 radical (unpaired) electrons. The van der Waals surface area contributed by atoms with E-state index in [-0.39, 0.29) is 16.9 Å². The van der Waals surface area contributed by atoms with Crippen LogP contribution in [-0.2, 0) is 0 Å². The number of amides is 2. The average molecular weight is 385 g/mol. The molecule has 2 rings (SSSR count). The van der Waals surface area contributed by atoms with Crippen molar-refractivity contribution in [2.45, 2.75) is 19.8 Å². The van der Waals surface area contributed by atoms with Crippen molar-refractivity contribution in [3.05, 3.63) is 59.7 Å². The SMILES string of the molecule is CCCCNC(=O)c1cccc(NC(=S)NC(=O)c2ccccc2OC)c1. The minimum atomic E-state index is -0.376. The molecule has 2 aromatic rings. The number of benzene rings is 2. The number of carbonyl (C=O) groups is 2. The van der Waals surface area contributed by atoms with Gasteiger partial charge in [0.2, 0.25) is 0 Å². The maximum absolute atomic E-state index is 12.4. The third-order valence-corrected chi connectivity index (χ3v) is 3.98. The Hall–Kier alpha value is -2.93. The number of carbonyl (C=O) groups excluding carboxylic acids is 2. The molecule has 142 valence electrons. The lowest BCUT2D eigenvalue weighted by Crippen LogP contribution is -2.34. The summed E-state index contributed by atoms with van der Waals surface area (Å²) in [6.07, 6.45) is 1.95. The molecule has 0 saturated heterocycles. The third-order valence-electron chi connectivity index (χ3n) is 3.78. The maximum atomic E-state index is 12.4. The molecule has 0 atom stereocenters. The van der Waals surface area contributed by atoms with Crippen LogP contribution in [0.5, 0.6) is 5.75 Å². The Kier molecular flexibility index (Phi) is 7.76. The average Bonchev–Trinajstić information content (AvgIpc) is 2.68. The second kappa shape index (κ2) is 10.3. The van der Waals surface area contributed by atoms with Gasteiger partial charge in [0.15, 0.2) is 5.11 Å². The molecule has 0 fully saturated rings. The van der Waals surface area contributed by atoms with Crippen molar-refractivity contribution in [1.29, 1.82) is 0 Å².